The normalized spacial score (nSPS) is 34.8. The predicted molar refractivity (Wildman–Crippen MR) is 140 cm³/mol. The van der Waals surface area contributed by atoms with Crippen LogP contribution in [0.3, 0.4) is 0 Å². The first-order valence-electron chi connectivity index (χ1n) is 11.2. The van der Waals surface area contributed by atoms with Crippen molar-refractivity contribution in [2.45, 2.75) is 77.0 Å². The molecule has 2 aliphatic rings. The molecule has 2 unspecified atom stereocenters. The minimum absolute atomic E-state index is 0.00889. The van der Waals surface area contributed by atoms with Crippen LogP contribution in [-0.2, 0) is 14.0 Å². The molecule has 6 nitrogen and oxygen atoms in total. The number of hydrogen-bond donors (Lipinski definition) is 3. The zero-order valence-corrected chi connectivity index (χ0v) is 23.7. The molecule has 0 bridgehead atoms. The summed E-state index contributed by atoms with van der Waals surface area (Å²) in [6.07, 6.45) is 2.09. The fourth-order valence-corrected chi connectivity index (χ4v) is 4.47. The molecule has 0 aromatic heterocycles. The third-order valence-electron chi connectivity index (χ3n) is 5.30. The van der Waals surface area contributed by atoms with Crippen LogP contribution in [0.15, 0.2) is 0 Å². The molecule has 8 atom stereocenters. The van der Waals surface area contributed by atoms with Crippen molar-refractivity contribution >= 4 is 41.5 Å². The summed E-state index contributed by atoms with van der Waals surface area (Å²) in [6, 6.07) is 0.231. The highest BCUT2D eigenvalue weighted by Crippen LogP contribution is 2.39. The lowest BCUT2D eigenvalue weighted by atomic mass is 9.77. The second kappa shape index (κ2) is 17.5. The lowest BCUT2D eigenvalue weighted by molar-refractivity contribution is 0.0285. The number of rotatable bonds is 8. The number of aliphatic hydroxyl groups excluding tert-OH is 1. The lowest BCUT2D eigenvalue weighted by Gasteiger charge is -2.23. The Balaban J connectivity index is 0.000000504. The van der Waals surface area contributed by atoms with E-state index in [-0.39, 0.29) is 57.8 Å². The fourth-order valence-electron chi connectivity index (χ4n) is 3.65. The molecule has 2 aliphatic heterocycles. The minimum Gasteiger partial charge on any atom is -0.390 e. The number of hydrogen-bond acceptors (Lipinski definition) is 6. The van der Waals surface area contributed by atoms with E-state index in [4.69, 9.17) is 25.2 Å². The quantitative estimate of drug-likeness (QED) is 0.353. The van der Waals surface area contributed by atoms with E-state index in [1.807, 2.05) is 56.1 Å². The smallest absolute Gasteiger partial charge is 0.241 e. The minimum atomic E-state index is -0.315. The second-order valence-electron chi connectivity index (χ2n) is 8.38. The summed E-state index contributed by atoms with van der Waals surface area (Å²) in [5.74, 6) is 0.634. The van der Waals surface area contributed by atoms with Crippen molar-refractivity contribution in [3.63, 3.8) is 0 Å². The lowest BCUT2D eigenvalue weighted by Crippen LogP contribution is -2.34. The van der Waals surface area contributed by atoms with E-state index in [0.717, 1.165) is 12.8 Å². The van der Waals surface area contributed by atoms with E-state index < -0.39 is 0 Å². The van der Waals surface area contributed by atoms with Gasteiger partial charge in [-0.25, -0.2) is 0 Å². The van der Waals surface area contributed by atoms with Gasteiger partial charge in [0.2, 0.25) is 14.8 Å². The Morgan fingerprint density at radius 1 is 0.903 bits per heavy atom. The van der Waals surface area contributed by atoms with Gasteiger partial charge in [0.05, 0.1) is 24.4 Å². The Morgan fingerprint density at radius 3 is 1.68 bits per heavy atom. The summed E-state index contributed by atoms with van der Waals surface area (Å²) in [4.78, 5) is 0. The first kappa shape index (κ1) is 32.0. The maximum absolute atomic E-state index is 9.68. The van der Waals surface area contributed by atoms with Crippen molar-refractivity contribution in [3.8, 4) is 0 Å². The molecule has 0 amide bonds. The van der Waals surface area contributed by atoms with Gasteiger partial charge in [0.25, 0.3) is 0 Å². The zero-order chi connectivity index (χ0) is 24.1. The van der Waals surface area contributed by atoms with Crippen molar-refractivity contribution in [2.75, 3.05) is 40.8 Å². The summed E-state index contributed by atoms with van der Waals surface area (Å²) in [7, 11) is 7.21. The van der Waals surface area contributed by atoms with E-state index in [1.165, 1.54) is 0 Å². The average molecular weight is 497 g/mol. The van der Waals surface area contributed by atoms with Crippen LogP contribution in [0, 0.1) is 11.8 Å². The standard InChI is InChI=1S/C10H22BNO2P.C8H17BNO2.C2H6ClP/c1-6-8-9(14-15(4)5)7(2)10(13-8)11-12-3;1-4-6-7(11)5(2)8(12-6)9-10-3;1-4(2)3/h7-10,12H,6H2,1-5H3;5-8,10-11H,4H2,1-3H3;1-2H3/t7?,8-,9-,10-;5?,6-,7-,8-;/m11./s1. The van der Waals surface area contributed by atoms with Crippen molar-refractivity contribution in [3.05, 3.63) is 0 Å². The number of halogens is 1. The molecule has 2 saturated heterocycles. The Hall–Kier alpha value is 1.04. The molecule has 182 valence electrons. The molecule has 0 aromatic carbocycles. The molecule has 3 N–H and O–H groups in total. The summed E-state index contributed by atoms with van der Waals surface area (Å²) < 4.78 is 17.5. The highest BCUT2D eigenvalue weighted by molar-refractivity contribution is 7.82. The molecule has 2 radical (unpaired) electrons. The van der Waals surface area contributed by atoms with E-state index in [1.54, 1.807) is 0 Å². The van der Waals surface area contributed by atoms with E-state index in [9.17, 15) is 5.11 Å². The van der Waals surface area contributed by atoms with Gasteiger partial charge in [-0.1, -0.05) is 38.9 Å². The topological polar surface area (TPSA) is 72.0 Å². The molecular weight excluding hydrogens is 451 g/mol. The van der Waals surface area contributed by atoms with Crippen molar-refractivity contribution < 1.29 is 19.1 Å². The van der Waals surface area contributed by atoms with Gasteiger partial charge >= 0.3 is 0 Å². The maximum atomic E-state index is 9.68. The third kappa shape index (κ3) is 11.8. The van der Waals surface area contributed by atoms with Crippen molar-refractivity contribution in [1.82, 2.24) is 10.5 Å². The Kier molecular flexibility index (Phi) is 18.1. The molecule has 31 heavy (non-hydrogen) atoms. The third-order valence-corrected chi connectivity index (χ3v) is 5.97. The van der Waals surface area contributed by atoms with Crippen LogP contribution in [0.4, 0.5) is 0 Å². The van der Waals surface area contributed by atoms with Gasteiger partial charge in [-0.3, -0.25) is 0 Å². The van der Waals surface area contributed by atoms with Gasteiger partial charge in [0.15, 0.2) is 0 Å². The van der Waals surface area contributed by atoms with E-state index in [0.29, 0.717) is 5.92 Å². The summed E-state index contributed by atoms with van der Waals surface area (Å²) in [6.45, 7) is 16.7. The first-order valence-corrected chi connectivity index (χ1v) is 16.5. The first-order chi connectivity index (χ1) is 14.5. The van der Waals surface area contributed by atoms with E-state index >= 15 is 0 Å². The van der Waals surface area contributed by atoms with Gasteiger partial charge in [-0.05, 0) is 60.9 Å². The second-order valence-corrected chi connectivity index (χ2v) is 13.8. The van der Waals surface area contributed by atoms with Gasteiger partial charge < -0.3 is 29.6 Å². The molecule has 2 heterocycles. The predicted octanol–water partition coefficient (Wildman–Crippen LogP) is 3.48. The molecule has 2 fully saturated rings. The molecular formula is C20H45B2ClN2O4P2. The monoisotopic (exact) mass is 496 g/mol. The summed E-state index contributed by atoms with van der Waals surface area (Å²) in [5, 5.41) is 15.7. The summed E-state index contributed by atoms with van der Waals surface area (Å²) >= 11 is 5.34. The number of nitrogens with one attached hydrogen (secondary N) is 2. The van der Waals surface area contributed by atoms with E-state index in [2.05, 4.69) is 37.6 Å². The van der Waals surface area contributed by atoms with Gasteiger partial charge in [0.1, 0.15) is 0 Å². The average Bonchev–Trinajstić information content (AvgIpc) is 3.13. The Morgan fingerprint density at radius 2 is 1.32 bits per heavy atom. The van der Waals surface area contributed by atoms with Crippen LogP contribution >= 0.6 is 26.7 Å². The maximum Gasteiger partial charge on any atom is 0.241 e. The SMILES string of the molecule is CC[C@H]1O[C@@H]([B]NC)C(C)[C@H]1O.CC[C@H]1O[C@@H]([B]NC)C(C)[C@H]1OP(C)C.CP(C)Cl. The van der Waals surface area contributed by atoms with Crippen LogP contribution in [-0.4, -0.2) is 97.1 Å². The molecule has 0 spiro atoms. The molecule has 11 heteroatoms. The van der Waals surface area contributed by atoms with Crippen LogP contribution in [0.25, 0.3) is 0 Å². The van der Waals surface area contributed by atoms with Crippen LogP contribution in [0.5, 0.6) is 0 Å². The Labute approximate surface area is 200 Å². The van der Waals surface area contributed by atoms with Crippen molar-refractivity contribution in [1.29, 1.82) is 0 Å². The Bertz CT molecular complexity index is 459. The highest BCUT2D eigenvalue weighted by atomic mass is 35.7. The van der Waals surface area contributed by atoms with Crippen LogP contribution in [0.2, 0.25) is 0 Å². The van der Waals surface area contributed by atoms with Gasteiger partial charge in [-0.2, -0.15) is 0 Å². The largest absolute Gasteiger partial charge is 0.390 e. The summed E-state index contributed by atoms with van der Waals surface area (Å²) in [5.41, 5.74) is 0. The highest BCUT2D eigenvalue weighted by Gasteiger charge is 2.42. The zero-order valence-electron chi connectivity index (χ0n) is 21.1. The molecule has 0 aliphatic carbocycles. The fraction of sp³-hybridized carbons (Fsp3) is 1.00. The van der Waals surface area contributed by atoms with Crippen LogP contribution in [0.1, 0.15) is 40.5 Å². The number of aliphatic hydroxyl groups is 1. The van der Waals surface area contributed by atoms with Gasteiger partial charge in [0, 0.05) is 32.0 Å². The number of ether oxygens (including phenoxy) is 2. The molecule has 0 saturated carbocycles. The van der Waals surface area contributed by atoms with Gasteiger partial charge in [-0.15, -0.1) is 0 Å². The van der Waals surface area contributed by atoms with Crippen molar-refractivity contribution in [2.24, 2.45) is 11.8 Å². The van der Waals surface area contributed by atoms with Crippen LogP contribution < -0.4 is 10.5 Å². The molecule has 2 rings (SSSR count). The molecule has 0 aromatic rings.